The lowest BCUT2D eigenvalue weighted by Crippen LogP contribution is -2.40. The highest BCUT2D eigenvalue weighted by molar-refractivity contribution is 7.93. The molecule has 0 bridgehead atoms. The van der Waals surface area contributed by atoms with Crippen LogP contribution in [0.2, 0.25) is 0 Å². The molecule has 0 spiro atoms. The predicted octanol–water partition coefficient (Wildman–Crippen LogP) is 3.99. The first-order valence-corrected chi connectivity index (χ1v) is 14.0. The van der Waals surface area contributed by atoms with E-state index in [9.17, 15) is 13.2 Å². The van der Waals surface area contributed by atoms with Gasteiger partial charge in [-0.2, -0.15) is 0 Å². The molecule has 190 valence electrons. The first-order valence-electron chi connectivity index (χ1n) is 12.5. The summed E-state index contributed by atoms with van der Waals surface area (Å²) in [7, 11) is -2.28. The number of ether oxygens (including phenoxy) is 1. The maximum Gasteiger partial charge on any atom is 0.264 e. The van der Waals surface area contributed by atoms with Gasteiger partial charge in [0.15, 0.2) is 0 Å². The number of anilines is 1. The maximum atomic E-state index is 13.8. The number of benzene rings is 2. The van der Waals surface area contributed by atoms with E-state index in [0.717, 1.165) is 30.6 Å². The summed E-state index contributed by atoms with van der Waals surface area (Å²) in [6, 6.07) is 11.2. The van der Waals surface area contributed by atoms with Crippen LogP contribution in [-0.2, 0) is 14.8 Å². The third-order valence-corrected chi connectivity index (χ3v) is 9.51. The Balaban J connectivity index is 1.48. The second-order valence-electron chi connectivity index (χ2n) is 9.69. The molecule has 8 heteroatoms. The fourth-order valence-corrected chi connectivity index (χ4v) is 7.11. The first kappa shape index (κ1) is 25.5. The summed E-state index contributed by atoms with van der Waals surface area (Å²) in [6.45, 7) is 8.70. The quantitative estimate of drug-likeness (QED) is 0.556. The van der Waals surface area contributed by atoms with E-state index in [0.29, 0.717) is 29.6 Å². The van der Waals surface area contributed by atoms with Gasteiger partial charge >= 0.3 is 0 Å². The van der Waals surface area contributed by atoms with Crippen LogP contribution in [0, 0.1) is 13.8 Å². The molecule has 0 radical (unpaired) electrons. The normalized spacial score (nSPS) is 20.5. The zero-order valence-corrected chi connectivity index (χ0v) is 22.0. The summed E-state index contributed by atoms with van der Waals surface area (Å²) in [5.41, 5.74) is 2.77. The lowest BCUT2D eigenvalue weighted by atomic mass is 10.0. The highest BCUT2D eigenvalue weighted by Gasteiger charge is 2.40. The lowest BCUT2D eigenvalue weighted by Gasteiger charge is -2.33. The van der Waals surface area contributed by atoms with E-state index >= 15 is 0 Å². The molecule has 2 aromatic carbocycles. The topological polar surface area (TPSA) is 79.0 Å². The number of rotatable bonds is 8. The van der Waals surface area contributed by atoms with Crippen LogP contribution < -0.4 is 14.4 Å². The fraction of sp³-hybridized carbons (Fsp3) is 0.519. The fourth-order valence-electron chi connectivity index (χ4n) is 5.32. The van der Waals surface area contributed by atoms with Gasteiger partial charge in [-0.15, -0.1) is 0 Å². The van der Waals surface area contributed by atoms with Crippen LogP contribution in [0.4, 0.5) is 5.69 Å². The number of hydrogen-bond donors (Lipinski definition) is 1. The molecule has 35 heavy (non-hydrogen) atoms. The SMILES string of the molecule is COc1ccc(S(=O)(=O)N2CC(C(=O)NCCCN3CCCCC3C)c3ccccc32)c(C)c1C. The van der Waals surface area contributed by atoms with E-state index < -0.39 is 15.9 Å². The van der Waals surface area contributed by atoms with Gasteiger partial charge < -0.3 is 15.0 Å². The van der Waals surface area contributed by atoms with Crippen molar-refractivity contribution in [2.45, 2.75) is 63.3 Å². The molecule has 2 aliphatic heterocycles. The van der Waals surface area contributed by atoms with E-state index in [4.69, 9.17) is 4.74 Å². The Hall–Kier alpha value is -2.58. The molecule has 2 unspecified atom stereocenters. The molecule has 2 aromatic rings. The summed E-state index contributed by atoms with van der Waals surface area (Å²) in [5.74, 6) is -0.00140. The highest BCUT2D eigenvalue weighted by Crippen LogP contribution is 2.41. The van der Waals surface area contributed by atoms with E-state index in [1.54, 1.807) is 32.2 Å². The van der Waals surface area contributed by atoms with Gasteiger partial charge in [-0.05, 0) is 81.5 Å². The molecule has 1 fully saturated rings. The number of fused-ring (bicyclic) bond motifs is 1. The minimum Gasteiger partial charge on any atom is -0.496 e. The van der Waals surface area contributed by atoms with Gasteiger partial charge in [0.25, 0.3) is 10.0 Å². The number of methoxy groups -OCH3 is 1. The van der Waals surface area contributed by atoms with Gasteiger partial charge in [0.1, 0.15) is 5.75 Å². The number of likely N-dealkylation sites (tertiary alicyclic amines) is 1. The minimum atomic E-state index is -3.85. The second-order valence-corrected chi connectivity index (χ2v) is 11.5. The molecule has 7 nitrogen and oxygen atoms in total. The maximum absolute atomic E-state index is 13.8. The standard InChI is InChI=1S/C27H37N3O4S/c1-19-10-7-8-16-29(19)17-9-15-28-27(31)23-18-30(24-12-6-5-11-22(23)24)35(32,33)26-14-13-25(34-4)20(2)21(26)3/h5-6,11-14,19,23H,7-10,15-18H2,1-4H3,(H,28,31). The Morgan fingerprint density at radius 2 is 1.89 bits per heavy atom. The predicted molar refractivity (Wildman–Crippen MR) is 139 cm³/mol. The van der Waals surface area contributed by atoms with E-state index in [2.05, 4.69) is 17.1 Å². The molecule has 2 heterocycles. The molecule has 0 aliphatic carbocycles. The summed E-state index contributed by atoms with van der Waals surface area (Å²) < 4.78 is 34.2. The molecule has 4 rings (SSSR count). The number of nitrogens with one attached hydrogen (secondary N) is 1. The van der Waals surface area contributed by atoms with Crippen LogP contribution in [0.1, 0.15) is 55.2 Å². The number of para-hydroxylation sites is 1. The van der Waals surface area contributed by atoms with Crippen molar-refractivity contribution in [3.05, 3.63) is 53.1 Å². The number of sulfonamides is 1. The van der Waals surface area contributed by atoms with Crippen LogP contribution >= 0.6 is 0 Å². The van der Waals surface area contributed by atoms with Crippen molar-refractivity contribution in [2.24, 2.45) is 0 Å². The summed E-state index contributed by atoms with van der Waals surface area (Å²) in [5, 5.41) is 3.06. The molecule has 1 amide bonds. The van der Waals surface area contributed by atoms with Crippen LogP contribution in [-0.4, -0.2) is 58.6 Å². The van der Waals surface area contributed by atoms with Crippen LogP contribution in [0.15, 0.2) is 41.3 Å². The lowest BCUT2D eigenvalue weighted by molar-refractivity contribution is -0.122. The van der Waals surface area contributed by atoms with Crippen molar-refractivity contribution < 1.29 is 17.9 Å². The Morgan fingerprint density at radius 1 is 1.11 bits per heavy atom. The molecule has 0 aromatic heterocycles. The zero-order valence-electron chi connectivity index (χ0n) is 21.2. The number of carbonyl (C=O) groups is 1. The minimum absolute atomic E-state index is 0.0984. The van der Waals surface area contributed by atoms with Gasteiger partial charge in [-0.25, -0.2) is 8.42 Å². The third-order valence-electron chi connectivity index (χ3n) is 7.58. The number of hydrogen-bond acceptors (Lipinski definition) is 5. The molecule has 0 saturated carbocycles. The Bertz CT molecular complexity index is 1180. The third kappa shape index (κ3) is 5.05. The summed E-state index contributed by atoms with van der Waals surface area (Å²) in [4.78, 5) is 15.9. The van der Waals surface area contributed by atoms with Gasteiger partial charge in [0.05, 0.1) is 30.2 Å². The Kier molecular flexibility index (Phi) is 7.71. The van der Waals surface area contributed by atoms with E-state index in [1.807, 2.05) is 25.1 Å². The Labute approximate surface area is 209 Å². The van der Waals surface area contributed by atoms with Gasteiger partial charge in [-0.1, -0.05) is 24.6 Å². The first-order chi connectivity index (χ1) is 16.8. The van der Waals surface area contributed by atoms with Crippen molar-refractivity contribution >= 4 is 21.6 Å². The molecule has 2 aliphatic rings. The molecular weight excluding hydrogens is 462 g/mol. The van der Waals surface area contributed by atoms with Crippen molar-refractivity contribution in [3.8, 4) is 5.75 Å². The second kappa shape index (κ2) is 10.6. The van der Waals surface area contributed by atoms with Crippen LogP contribution in [0.25, 0.3) is 0 Å². The molecule has 1 saturated heterocycles. The van der Waals surface area contributed by atoms with Crippen LogP contribution in [0.5, 0.6) is 5.75 Å². The van der Waals surface area contributed by atoms with Gasteiger partial charge in [-0.3, -0.25) is 9.10 Å². The average Bonchev–Trinajstić information content (AvgIpc) is 3.25. The van der Waals surface area contributed by atoms with Crippen molar-refractivity contribution in [1.29, 1.82) is 0 Å². The monoisotopic (exact) mass is 499 g/mol. The van der Waals surface area contributed by atoms with Crippen molar-refractivity contribution in [2.75, 3.05) is 37.6 Å². The average molecular weight is 500 g/mol. The Morgan fingerprint density at radius 3 is 2.63 bits per heavy atom. The highest BCUT2D eigenvalue weighted by atomic mass is 32.2. The molecule has 2 atom stereocenters. The van der Waals surface area contributed by atoms with E-state index in [1.165, 1.54) is 23.6 Å². The van der Waals surface area contributed by atoms with Gasteiger partial charge in [0.2, 0.25) is 5.91 Å². The smallest absolute Gasteiger partial charge is 0.264 e. The van der Waals surface area contributed by atoms with Gasteiger partial charge in [0, 0.05) is 19.1 Å². The van der Waals surface area contributed by atoms with Crippen LogP contribution in [0.3, 0.4) is 0 Å². The molecular formula is C27H37N3O4S. The number of carbonyl (C=O) groups excluding carboxylic acids is 1. The molecule has 1 N–H and O–H groups in total. The van der Waals surface area contributed by atoms with Crippen molar-refractivity contribution in [1.82, 2.24) is 10.2 Å². The summed E-state index contributed by atoms with van der Waals surface area (Å²) in [6.07, 6.45) is 4.66. The summed E-state index contributed by atoms with van der Waals surface area (Å²) >= 11 is 0. The largest absolute Gasteiger partial charge is 0.496 e. The van der Waals surface area contributed by atoms with Crippen molar-refractivity contribution in [3.63, 3.8) is 0 Å². The van der Waals surface area contributed by atoms with E-state index in [-0.39, 0.29) is 17.3 Å². The number of nitrogens with zero attached hydrogens (tertiary/aromatic N) is 2. The number of piperidine rings is 1. The zero-order chi connectivity index (χ0) is 25.2. The number of amides is 1.